The van der Waals surface area contributed by atoms with E-state index >= 15 is 0 Å². The highest BCUT2D eigenvalue weighted by Crippen LogP contribution is 2.31. The second-order valence-electron chi connectivity index (χ2n) is 3.03. The Kier molecular flexibility index (Phi) is 2.31. The van der Waals surface area contributed by atoms with Crippen molar-refractivity contribution in [3.8, 4) is 0 Å². The summed E-state index contributed by atoms with van der Waals surface area (Å²) in [6.07, 6.45) is -1.11. The highest BCUT2D eigenvalue weighted by atomic mass is 32.1. The summed E-state index contributed by atoms with van der Waals surface area (Å²) >= 11 is 4.22. The molecule has 0 bridgehead atoms. The maximum Gasteiger partial charge on any atom is 0.294 e. The average Bonchev–Trinajstić information content (AvgIpc) is 2.56. The van der Waals surface area contributed by atoms with Crippen LogP contribution in [-0.4, -0.2) is 41.9 Å². The summed E-state index contributed by atoms with van der Waals surface area (Å²) in [5.41, 5.74) is 0. The van der Waals surface area contributed by atoms with Gasteiger partial charge in [-0.25, -0.2) is 0 Å². The van der Waals surface area contributed by atoms with Crippen LogP contribution < -0.4 is 0 Å². The number of ether oxygens (including phenoxy) is 2. The molecule has 0 aromatic heterocycles. The van der Waals surface area contributed by atoms with Crippen LogP contribution in [-0.2, 0) is 14.3 Å². The SMILES string of the molecule is O=[N+]([O-])O[C@@H]1CO[C@@H]2C(S)CO[C@@H]21. The minimum absolute atomic E-state index is 0.00893. The predicted octanol–water partition coefficient (Wildman–Crippen LogP) is -0.341. The highest BCUT2D eigenvalue weighted by molar-refractivity contribution is 7.81. The third kappa shape index (κ3) is 1.59. The van der Waals surface area contributed by atoms with E-state index in [1.54, 1.807) is 0 Å². The van der Waals surface area contributed by atoms with Gasteiger partial charge in [0.15, 0.2) is 6.10 Å². The van der Waals surface area contributed by atoms with Gasteiger partial charge in [-0.3, -0.25) is 0 Å². The molecule has 0 saturated carbocycles. The van der Waals surface area contributed by atoms with E-state index in [2.05, 4.69) is 17.5 Å². The molecule has 2 rings (SSSR count). The first kappa shape index (κ1) is 9.04. The first-order valence-electron chi connectivity index (χ1n) is 3.91. The van der Waals surface area contributed by atoms with Crippen LogP contribution in [0, 0.1) is 10.1 Å². The molecule has 7 heteroatoms. The molecule has 0 aliphatic carbocycles. The lowest BCUT2D eigenvalue weighted by molar-refractivity contribution is -0.769. The number of hydrogen-bond donors (Lipinski definition) is 1. The summed E-state index contributed by atoms with van der Waals surface area (Å²) in [7, 11) is 0. The van der Waals surface area contributed by atoms with Gasteiger partial charge >= 0.3 is 0 Å². The standard InChI is InChI=1S/C6H9NO5S/c8-7(9)12-3-1-10-6-4(13)2-11-5(3)6/h3-6,13H,1-2H2/t3-,4?,5-,6-/m1/s1. The normalized spacial score (nSPS) is 43.2. The van der Waals surface area contributed by atoms with Crippen LogP contribution in [0.4, 0.5) is 0 Å². The monoisotopic (exact) mass is 207 g/mol. The molecule has 2 heterocycles. The Hall–Kier alpha value is -0.530. The van der Waals surface area contributed by atoms with Gasteiger partial charge in [-0.2, -0.15) is 12.6 Å². The largest absolute Gasteiger partial charge is 0.372 e. The zero-order chi connectivity index (χ0) is 9.42. The first-order valence-corrected chi connectivity index (χ1v) is 4.42. The van der Waals surface area contributed by atoms with Crippen LogP contribution in [0.25, 0.3) is 0 Å². The number of rotatable bonds is 2. The van der Waals surface area contributed by atoms with Gasteiger partial charge in [0.25, 0.3) is 5.09 Å². The van der Waals surface area contributed by atoms with Gasteiger partial charge in [0.05, 0.1) is 24.6 Å². The smallest absolute Gasteiger partial charge is 0.294 e. The van der Waals surface area contributed by atoms with Crippen LogP contribution in [0.2, 0.25) is 0 Å². The topological polar surface area (TPSA) is 70.8 Å². The fraction of sp³-hybridized carbons (Fsp3) is 1.00. The van der Waals surface area contributed by atoms with Crippen LogP contribution in [0.3, 0.4) is 0 Å². The van der Waals surface area contributed by atoms with Gasteiger partial charge in [0, 0.05) is 0 Å². The minimum atomic E-state index is -0.814. The Balaban J connectivity index is 1.98. The Morgan fingerprint density at radius 1 is 1.38 bits per heavy atom. The molecular formula is C6H9NO5S. The van der Waals surface area contributed by atoms with Gasteiger partial charge in [0.2, 0.25) is 0 Å². The van der Waals surface area contributed by atoms with Crippen LogP contribution in [0.5, 0.6) is 0 Å². The van der Waals surface area contributed by atoms with Crippen molar-refractivity contribution in [2.24, 2.45) is 0 Å². The third-order valence-electron chi connectivity index (χ3n) is 2.20. The lowest BCUT2D eigenvalue weighted by atomic mass is 10.1. The van der Waals surface area contributed by atoms with Crippen molar-refractivity contribution < 1.29 is 19.4 Å². The van der Waals surface area contributed by atoms with Crippen molar-refractivity contribution in [2.45, 2.75) is 23.6 Å². The second-order valence-corrected chi connectivity index (χ2v) is 3.69. The number of hydrogen-bond acceptors (Lipinski definition) is 6. The van der Waals surface area contributed by atoms with Crippen LogP contribution in [0.1, 0.15) is 0 Å². The van der Waals surface area contributed by atoms with E-state index in [4.69, 9.17) is 9.47 Å². The van der Waals surface area contributed by atoms with Crippen molar-refractivity contribution in [1.29, 1.82) is 0 Å². The lowest BCUT2D eigenvalue weighted by Gasteiger charge is -2.12. The van der Waals surface area contributed by atoms with E-state index in [0.29, 0.717) is 6.61 Å². The minimum Gasteiger partial charge on any atom is -0.372 e. The van der Waals surface area contributed by atoms with Gasteiger partial charge in [0.1, 0.15) is 6.10 Å². The predicted molar refractivity (Wildman–Crippen MR) is 44.1 cm³/mol. The van der Waals surface area contributed by atoms with Crippen molar-refractivity contribution in [3.05, 3.63) is 10.1 Å². The maximum atomic E-state index is 10.1. The zero-order valence-corrected chi connectivity index (χ0v) is 7.55. The van der Waals surface area contributed by atoms with E-state index in [1.807, 2.05) is 0 Å². The molecule has 2 saturated heterocycles. The summed E-state index contributed by atoms with van der Waals surface area (Å²) in [4.78, 5) is 14.5. The molecule has 13 heavy (non-hydrogen) atoms. The molecule has 2 aliphatic heterocycles. The number of fused-ring (bicyclic) bond motifs is 1. The summed E-state index contributed by atoms with van der Waals surface area (Å²) in [5.74, 6) is 0. The fourth-order valence-corrected chi connectivity index (χ4v) is 1.99. The average molecular weight is 207 g/mol. The summed E-state index contributed by atoms with van der Waals surface area (Å²) in [6, 6.07) is 0. The molecule has 0 aromatic rings. The molecule has 2 fully saturated rings. The molecule has 0 aromatic carbocycles. The van der Waals surface area contributed by atoms with Gasteiger partial charge in [-0.1, -0.05) is 0 Å². The van der Waals surface area contributed by atoms with Gasteiger partial charge < -0.3 is 14.3 Å². The molecule has 0 spiro atoms. The van der Waals surface area contributed by atoms with E-state index in [0.717, 1.165) is 0 Å². The maximum absolute atomic E-state index is 10.1. The summed E-state index contributed by atoms with van der Waals surface area (Å²) in [6.45, 7) is 0.656. The van der Waals surface area contributed by atoms with Crippen molar-refractivity contribution in [3.63, 3.8) is 0 Å². The van der Waals surface area contributed by atoms with Crippen molar-refractivity contribution in [2.75, 3.05) is 13.2 Å². The van der Waals surface area contributed by atoms with Gasteiger partial charge in [-0.05, 0) is 0 Å². The first-order chi connectivity index (χ1) is 6.18. The Labute approximate surface area is 79.7 Å². The second kappa shape index (κ2) is 3.32. The summed E-state index contributed by atoms with van der Waals surface area (Å²) < 4.78 is 10.5. The fourth-order valence-electron chi connectivity index (χ4n) is 1.64. The van der Waals surface area contributed by atoms with Crippen molar-refractivity contribution in [1.82, 2.24) is 0 Å². The van der Waals surface area contributed by atoms with E-state index in [9.17, 15) is 10.1 Å². The Morgan fingerprint density at radius 2 is 2.08 bits per heavy atom. The number of thiol groups is 1. The van der Waals surface area contributed by atoms with Crippen molar-refractivity contribution >= 4 is 12.6 Å². The zero-order valence-electron chi connectivity index (χ0n) is 6.66. The Morgan fingerprint density at radius 3 is 2.77 bits per heavy atom. The quantitative estimate of drug-likeness (QED) is 0.381. The summed E-state index contributed by atoms with van der Waals surface area (Å²) in [5, 5.41) is 9.26. The van der Waals surface area contributed by atoms with E-state index in [1.165, 1.54) is 0 Å². The molecule has 0 N–H and O–H groups in total. The third-order valence-corrected chi connectivity index (χ3v) is 2.65. The van der Waals surface area contributed by atoms with E-state index in [-0.39, 0.29) is 24.1 Å². The molecule has 0 radical (unpaired) electrons. The molecule has 0 amide bonds. The van der Waals surface area contributed by atoms with Gasteiger partial charge in [-0.15, -0.1) is 10.1 Å². The molecule has 4 atom stereocenters. The lowest BCUT2D eigenvalue weighted by Crippen LogP contribution is -2.33. The number of nitrogens with zero attached hydrogens (tertiary/aromatic N) is 1. The van der Waals surface area contributed by atoms with Crippen LogP contribution in [0.15, 0.2) is 0 Å². The molecule has 74 valence electrons. The molecule has 1 unspecified atom stereocenters. The Bertz CT molecular complexity index is 225. The molecule has 6 nitrogen and oxygen atoms in total. The molecular weight excluding hydrogens is 198 g/mol. The van der Waals surface area contributed by atoms with E-state index < -0.39 is 11.2 Å². The highest BCUT2D eigenvalue weighted by Gasteiger charge is 2.48. The molecule has 2 aliphatic rings. The van der Waals surface area contributed by atoms with Crippen LogP contribution >= 0.6 is 12.6 Å².